The van der Waals surface area contributed by atoms with Gasteiger partial charge in [0.1, 0.15) is 0 Å². The van der Waals surface area contributed by atoms with Gasteiger partial charge in [-0.25, -0.2) is 4.79 Å². The third-order valence-electron chi connectivity index (χ3n) is 3.84. The van der Waals surface area contributed by atoms with Crippen molar-refractivity contribution in [3.63, 3.8) is 0 Å². The third-order valence-corrected chi connectivity index (χ3v) is 4.53. The highest BCUT2D eigenvalue weighted by Gasteiger charge is 2.26. The highest BCUT2D eigenvalue weighted by atomic mass is 79.9. The average molecular weight is 354 g/mol. The molecule has 1 amide bonds. The number of carbonyl (C=O) groups is 2. The van der Waals surface area contributed by atoms with Crippen LogP contribution < -0.4 is 0 Å². The molecule has 0 spiro atoms. The Morgan fingerprint density at radius 2 is 2.10 bits per heavy atom. The third kappa shape index (κ3) is 4.06. The Morgan fingerprint density at radius 1 is 1.33 bits per heavy atom. The summed E-state index contributed by atoms with van der Waals surface area (Å²) in [7, 11) is 0. The second kappa shape index (κ2) is 7.59. The molecule has 0 saturated carbocycles. The lowest BCUT2D eigenvalue weighted by Gasteiger charge is -2.35. The zero-order chi connectivity index (χ0) is 15.2. The van der Waals surface area contributed by atoms with E-state index in [1.165, 1.54) is 6.42 Å². The fourth-order valence-electron chi connectivity index (χ4n) is 2.67. The molecule has 1 heterocycles. The molecular formula is C16H20BrNO3. The van der Waals surface area contributed by atoms with Crippen LogP contribution in [0.3, 0.4) is 0 Å². The van der Waals surface area contributed by atoms with Crippen molar-refractivity contribution in [3.05, 3.63) is 34.3 Å². The minimum Gasteiger partial charge on any atom is -0.452 e. The molecule has 1 saturated heterocycles. The molecule has 1 fully saturated rings. The van der Waals surface area contributed by atoms with E-state index >= 15 is 0 Å². The Labute approximate surface area is 133 Å². The van der Waals surface area contributed by atoms with Crippen molar-refractivity contribution in [1.29, 1.82) is 0 Å². The van der Waals surface area contributed by atoms with Crippen molar-refractivity contribution < 1.29 is 14.3 Å². The number of esters is 1. The van der Waals surface area contributed by atoms with Crippen LogP contribution in [0.25, 0.3) is 0 Å². The SMILES string of the molecule is CCC1CCCCN1C(=O)COC(=O)c1ccccc1Br. The molecule has 1 atom stereocenters. The lowest BCUT2D eigenvalue weighted by atomic mass is 10.00. The summed E-state index contributed by atoms with van der Waals surface area (Å²) < 4.78 is 5.83. The van der Waals surface area contributed by atoms with E-state index in [2.05, 4.69) is 22.9 Å². The van der Waals surface area contributed by atoms with E-state index < -0.39 is 5.97 Å². The van der Waals surface area contributed by atoms with Crippen LogP contribution in [-0.4, -0.2) is 36.0 Å². The number of ether oxygens (including phenoxy) is 1. The smallest absolute Gasteiger partial charge is 0.339 e. The number of rotatable bonds is 4. The number of benzene rings is 1. The first kappa shape index (κ1) is 16.0. The van der Waals surface area contributed by atoms with Gasteiger partial charge in [0.2, 0.25) is 0 Å². The van der Waals surface area contributed by atoms with Gasteiger partial charge in [-0.15, -0.1) is 0 Å². The maximum absolute atomic E-state index is 12.2. The van der Waals surface area contributed by atoms with E-state index in [0.717, 1.165) is 25.8 Å². The summed E-state index contributed by atoms with van der Waals surface area (Å²) in [5.74, 6) is -0.567. The molecule has 0 N–H and O–H groups in total. The molecule has 0 aromatic heterocycles. The topological polar surface area (TPSA) is 46.6 Å². The van der Waals surface area contributed by atoms with Crippen LogP contribution in [0.4, 0.5) is 0 Å². The van der Waals surface area contributed by atoms with Gasteiger partial charge in [0.25, 0.3) is 5.91 Å². The van der Waals surface area contributed by atoms with Gasteiger partial charge in [-0.05, 0) is 53.7 Å². The fraction of sp³-hybridized carbons (Fsp3) is 0.500. The molecule has 0 radical (unpaired) electrons. The van der Waals surface area contributed by atoms with Crippen molar-refractivity contribution in [1.82, 2.24) is 4.90 Å². The number of amides is 1. The quantitative estimate of drug-likeness (QED) is 0.779. The van der Waals surface area contributed by atoms with E-state index in [-0.39, 0.29) is 18.6 Å². The second-order valence-corrected chi connectivity index (χ2v) is 6.06. The lowest BCUT2D eigenvalue weighted by Crippen LogP contribution is -2.45. The average Bonchev–Trinajstić information content (AvgIpc) is 2.52. The monoisotopic (exact) mass is 353 g/mol. The first-order valence-electron chi connectivity index (χ1n) is 7.34. The van der Waals surface area contributed by atoms with E-state index in [0.29, 0.717) is 10.0 Å². The van der Waals surface area contributed by atoms with Gasteiger partial charge in [-0.2, -0.15) is 0 Å². The molecule has 2 rings (SSSR count). The Bertz CT molecular complexity index is 518. The predicted octanol–water partition coefficient (Wildman–Crippen LogP) is 3.40. The first-order valence-corrected chi connectivity index (χ1v) is 8.14. The summed E-state index contributed by atoms with van der Waals surface area (Å²) in [5.41, 5.74) is 0.441. The van der Waals surface area contributed by atoms with Crippen LogP contribution in [0.2, 0.25) is 0 Å². The van der Waals surface area contributed by atoms with Crippen molar-refractivity contribution in [2.45, 2.75) is 38.6 Å². The van der Waals surface area contributed by atoms with Gasteiger partial charge in [0.05, 0.1) is 5.56 Å². The molecule has 1 aromatic carbocycles. The predicted molar refractivity (Wildman–Crippen MR) is 84.1 cm³/mol. The van der Waals surface area contributed by atoms with Gasteiger partial charge in [0.15, 0.2) is 6.61 Å². The summed E-state index contributed by atoms with van der Waals surface area (Å²) >= 11 is 3.31. The molecule has 4 nitrogen and oxygen atoms in total. The van der Waals surface area contributed by atoms with Gasteiger partial charge >= 0.3 is 5.97 Å². The van der Waals surface area contributed by atoms with E-state index in [1.807, 2.05) is 11.0 Å². The number of hydrogen-bond acceptors (Lipinski definition) is 3. The Kier molecular flexibility index (Phi) is 5.79. The molecule has 1 aliphatic heterocycles. The van der Waals surface area contributed by atoms with Gasteiger partial charge in [-0.1, -0.05) is 19.1 Å². The Balaban J connectivity index is 1.91. The second-order valence-electron chi connectivity index (χ2n) is 5.20. The summed E-state index contributed by atoms with van der Waals surface area (Å²) in [6.07, 6.45) is 4.18. The van der Waals surface area contributed by atoms with Gasteiger partial charge in [-0.3, -0.25) is 4.79 Å². The van der Waals surface area contributed by atoms with Crippen LogP contribution >= 0.6 is 15.9 Å². The maximum atomic E-state index is 12.2. The standard InChI is InChI=1S/C16H20BrNO3/c1-2-12-7-5-6-10-18(12)15(19)11-21-16(20)13-8-3-4-9-14(13)17/h3-4,8-9,12H,2,5-7,10-11H2,1H3. The minimum absolute atomic E-state index is 0.0954. The van der Waals surface area contributed by atoms with Crippen LogP contribution in [-0.2, 0) is 9.53 Å². The number of carbonyl (C=O) groups excluding carboxylic acids is 2. The summed E-state index contributed by atoms with van der Waals surface area (Å²) in [6.45, 7) is 2.67. The molecule has 1 aromatic rings. The molecule has 1 unspecified atom stereocenters. The van der Waals surface area contributed by atoms with Crippen molar-refractivity contribution in [2.75, 3.05) is 13.2 Å². The van der Waals surface area contributed by atoms with Crippen molar-refractivity contribution >= 4 is 27.8 Å². The minimum atomic E-state index is -0.471. The molecular weight excluding hydrogens is 334 g/mol. The Morgan fingerprint density at radius 3 is 2.81 bits per heavy atom. The number of nitrogens with zero attached hydrogens (tertiary/aromatic N) is 1. The zero-order valence-electron chi connectivity index (χ0n) is 12.2. The van der Waals surface area contributed by atoms with Gasteiger partial charge in [0, 0.05) is 17.1 Å². The van der Waals surface area contributed by atoms with E-state index in [1.54, 1.807) is 18.2 Å². The van der Waals surface area contributed by atoms with Crippen molar-refractivity contribution in [2.24, 2.45) is 0 Å². The number of hydrogen-bond donors (Lipinski definition) is 0. The van der Waals surface area contributed by atoms with Crippen LogP contribution in [0.1, 0.15) is 43.0 Å². The zero-order valence-corrected chi connectivity index (χ0v) is 13.8. The highest BCUT2D eigenvalue weighted by Crippen LogP contribution is 2.20. The van der Waals surface area contributed by atoms with Gasteiger partial charge < -0.3 is 9.64 Å². The van der Waals surface area contributed by atoms with E-state index in [9.17, 15) is 9.59 Å². The highest BCUT2D eigenvalue weighted by molar-refractivity contribution is 9.10. The van der Waals surface area contributed by atoms with E-state index in [4.69, 9.17) is 4.74 Å². The van der Waals surface area contributed by atoms with Crippen molar-refractivity contribution in [3.8, 4) is 0 Å². The van der Waals surface area contributed by atoms with Crippen LogP contribution in [0.15, 0.2) is 28.7 Å². The molecule has 1 aliphatic rings. The molecule has 21 heavy (non-hydrogen) atoms. The summed E-state index contributed by atoms with van der Waals surface area (Å²) in [6, 6.07) is 7.32. The molecule has 0 bridgehead atoms. The molecule has 114 valence electrons. The maximum Gasteiger partial charge on any atom is 0.339 e. The molecule has 0 aliphatic carbocycles. The number of likely N-dealkylation sites (tertiary alicyclic amines) is 1. The van der Waals surface area contributed by atoms with Crippen LogP contribution in [0, 0.1) is 0 Å². The first-order chi connectivity index (χ1) is 10.1. The number of piperidine rings is 1. The number of halogens is 1. The summed E-state index contributed by atoms with van der Waals surface area (Å²) in [4.78, 5) is 26.1. The summed E-state index contributed by atoms with van der Waals surface area (Å²) in [5, 5.41) is 0. The Hall–Kier alpha value is -1.36. The fourth-order valence-corrected chi connectivity index (χ4v) is 3.11. The van der Waals surface area contributed by atoms with Crippen LogP contribution in [0.5, 0.6) is 0 Å². The largest absolute Gasteiger partial charge is 0.452 e. The molecule has 5 heteroatoms. The lowest BCUT2D eigenvalue weighted by molar-refractivity contribution is -0.138. The normalized spacial score (nSPS) is 18.4.